The van der Waals surface area contributed by atoms with Crippen LogP contribution in [0.25, 0.3) is 0 Å². The van der Waals surface area contributed by atoms with Gasteiger partial charge in [-0.3, -0.25) is 4.79 Å². The number of carboxylic acids is 1. The van der Waals surface area contributed by atoms with Crippen LogP contribution in [-0.2, 0) is 5.41 Å². The summed E-state index contributed by atoms with van der Waals surface area (Å²) in [5, 5.41) is 9.16. The molecular formula is C15H21NO3S. The van der Waals surface area contributed by atoms with Crippen molar-refractivity contribution in [1.82, 2.24) is 4.90 Å². The Kier molecular flexibility index (Phi) is 4.86. The molecular weight excluding hydrogens is 274 g/mol. The Balaban J connectivity index is 3.39. The van der Waals surface area contributed by atoms with Crippen molar-refractivity contribution in [2.75, 3.05) is 14.1 Å². The van der Waals surface area contributed by atoms with Crippen LogP contribution in [0.3, 0.4) is 0 Å². The van der Waals surface area contributed by atoms with E-state index in [-0.39, 0.29) is 16.2 Å². The third kappa shape index (κ3) is 3.76. The van der Waals surface area contributed by atoms with E-state index < -0.39 is 5.97 Å². The van der Waals surface area contributed by atoms with Crippen LogP contribution in [0.2, 0.25) is 0 Å². The van der Waals surface area contributed by atoms with Gasteiger partial charge in [0.05, 0.1) is 5.56 Å². The minimum absolute atomic E-state index is 0.0713. The molecule has 5 heteroatoms. The molecule has 1 N–H and O–H groups in total. The Hall–Kier alpha value is -1.49. The van der Waals surface area contributed by atoms with Crippen LogP contribution in [0, 0.1) is 6.92 Å². The number of rotatable bonds is 2. The van der Waals surface area contributed by atoms with Crippen LogP contribution in [0.4, 0.5) is 4.79 Å². The summed E-state index contributed by atoms with van der Waals surface area (Å²) in [6.45, 7) is 7.77. The number of thioether (sulfide) groups is 1. The van der Waals surface area contributed by atoms with Crippen molar-refractivity contribution in [3.63, 3.8) is 0 Å². The molecule has 0 aliphatic heterocycles. The van der Waals surface area contributed by atoms with E-state index in [9.17, 15) is 14.7 Å². The second-order valence-electron chi connectivity index (χ2n) is 5.98. The Labute approximate surface area is 124 Å². The zero-order valence-electron chi connectivity index (χ0n) is 12.8. The van der Waals surface area contributed by atoms with Gasteiger partial charge in [0.25, 0.3) is 5.24 Å². The lowest BCUT2D eigenvalue weighted by molar-refractivity contribution is 0.0696. The van der Waals surface area contributed by atoms with Gasteiger partial charge < -0.3 is 10.0 Å². The van der Waals surface area contributed by atoms with Crippen LogP contribution in [0.5, 0.6) is 0 Å². The van der Waals surface area contributed by atoms with Crippen LogP contribution in [0.1, 0.15) is 42.3 Å². The Morgan fingerprint density at radius 2 is 1.75 bits per heavy atom. The van der Waals surface area contributed by atoms with E-state index >= 15 is 0 Å². The molecule has 0 spiro atoms. The van der Waals surface area contributed by atoms with E-state index in [4.69, 9.17) is 0 Å². The number of benzene rings is 1. The molecule has 110 valence electrons. The van der Waals surface area contributed by atoms with Gasteiger partial charge in [0.15, 0.2) is 0 Å². The maximum atomic E-state index is 11.9. The molecule has 0 bridgehead atoms. The molecule has 0 unspecified atom stereocenters. The number of hydrogen-bond acceptors (Lipinski definition) is 3. The van der Waals surface area contributed by atoms with E-state index in [1.165, 1.54) is 4.90 Å². The molecule has 1 aromatic carbocycles. The highest BCUT2D eigenvalue weighted by molar-refractivity contribution is 8.13. The van der Waals surface area contributed by atoms with E-state index in [1.54, 1.807) is 33.2 Å². The lowest BCUT2D eigenvalue weighted by Gasteiger charge is -2.24. The largest absolute Gasteiger partial charge is 0.478 e. The molecule has 0 fully saturated rings. The first-order chi connectivity index (χ1) is 9.04. The fourth-order valence-corrected chi connectivity index (χ4v) is 2.85. The molecule has 0 aliphatic rings. The fourth-order valence-electron chi connectivity index (χ4n) is 1.77. The maximum Gasteiger partial charge on any atom is 0.335 e. The molecule has 1 rings (SSSR count). The highest BCUT2D eigenvalue weighted by atomic mass is 32.2. The summed E-state index contributed by atoms with van der Waals surface area (Å²) in [5.41, 5.74) is 1.60. The third-order valence-corrected chi connectivity index (χ3v) is 4.02. The maximum absolute atomic E-state index is 11.9. The van der Waals surface area contributed by atoms with Gasteiger partial charge in [0.2, 0.25) is 0 Å². The third-order valence-electron chi connectivity index (χ3n) is 2.93. The number of amides is 1. The molecule has 4 nitrogen and oxygen atoms in total. The van der Waals surface area contributed by atoms with E-state index in [2.05, 4.69) is 0 Å². The minimum Gasteiger partial charge on any atom is -0.478 e. The summed E-state index contributed by atoms with van der Waals surface area (Å²) < 4.78 is 0. The monoisotopic (exact) mass is 295 g/mol. The van der Waals surface area contributed by atoms with Gasteiger partial charge in [0, 0.05) is 19.0 Å². The van der Waals surface area contributed by atoms with Gasteiger partial charge in [-0.25, -0.2) is 4.79 Å². The SMILES string of the molecule is Cc1cc(SC(=O)N(C)C)c(C(C)(C)C)cc1C(=O)O. The van der Waals surface area contributed by atoms with Gasteiger partial charge in [0.1, 0.15) is 0 Å². The van der Waals surface area contributed by atoms with Crippen LogP contribution in [0.15, 0.2) is 17.0 Å². The lowest BCUT2D eigenvalue weighted by Crippen LogP contribution is -2.19. The minimum atomic E-state index is -0.941. The molecule has 0 saturated heterocycles. The molecule has 0 radical (unpaired) electrons. The molecule has 20 heavy (non-hydrogen) atoms. The highest BCUT2D eigenvalue weighted by Crippen LogP contribution is 2.35. The fraction of sp³-hybridized carbons (Fsp3) is 0.467. The summed E-state index contributed by atoms with van der Waals surface area (Å²) in [6, 6.07) is 3.47. The van der Waals surface area contributed by atoms with Crippen molar-refractivity contribution >= 4 is 23.0 Å². The average molecular weight is 295 g/mol. The van der Waals surface area contributed by atoms with Crippen LogP contribution >= 0.6 is 11.8 Å². The van der Waals surface area contributed by atoms with Gasteiger partial charge >= 0.3 is 5.97 Å². The first-order valence-corrected chi connectivity index (χ1v) is 7.13. The Bertz CT molecular complexity index is 545. The molecule has 0 aliphatic carbocycles. The number of carbonyl (C=O) groups is 2. The normalized spacial score (nSPS) is 11.3. The van der Waals surface area contributed by atoms with Crippen molar-refractivity contribution in [3.05, 3.63) is 28.8 Å². The predicted octanol–water partition coefficient (Wildman–Crippen LogP) is 3.76. The van der Waals surface area contributed by atoms with Crippen molar-refractivity contribution in [2.45, 2.75) is 38.0 Å². The van der Waals surface area contributed by atoms with Gasteiger partial charge in [-0.05, 0) is 47.4 Å². The number of carboxylic acid groups (broad SMARTS) is 1. The standard InChI is InChI=1S/C15H21NO3S/c1-9-7-12(20-14(19)16(5)6)11(15(2,3)4)8-10(9)13(17)18/h7-8H,1-6H3,(H,17,18). The highest BCUT2D eigenvalue weighted by Gasteiger charge is 2.23. The summed E-state index contributed by atoms with van der Waals surface area (Å²) in [4.78, 5) is 25.5. The van der Waals surface area contributed by atoms with E-state index in [0.717, 1.165) is 22.2 Å². The molecule has 1 aromatic rings. The predicted molar refractivity (Wildman–Crippen MR) is 81.8 cm³/mol. The number of nitrogens with zero attached hydrogens (tertiary/aromatic N) is 1. The smallest absolute Gasteiger partial charge is 0.335 e. The summed E-state index contributed by atoms with van der Waals surface area (Å²) in [7, 11) is 3.40. The number of hydrogen-bond donors (Lipinski definition) is 1. The van der Waals surface area contributed by atoms with Crippen molar-refractivity contribution in [3.8, 4) is 0 Å². The van der Waals surface area contributed by atoms with Crippen LogP contribution in [-0.4, -0.2) is 35.3 Å². The number of aryl methyl sites for hydroxylation is 1. The number of aromatic carboxylic acids is 1. The summed E-state index contributed by atoms with van der Waals surface area (Å²) in [5.74, 6) is -0.941. The van der Waals surface area contributed by atoms with Crippen molar-refractivity contribution in [1.29, 1.82) is 0 Å². The Morgan fingerprint density at radius 3 is 2.15 bits per heavy atom. The summed E-state index contributed by atoms with van der Waals surface area (Å²) >= 11 is 1.13. The zero-order chi connectivity index (χ0) is 15.7. The molecule has 0 atom stereocenters. The molecule has 0 saturated carbocycles. The van der Waals surface area contributed by atoms with Crippen molar-refractivity contribution < 1.29 is 14.7 Å². The number of carbonyl (C=O) groups excluding carboxylic acids is 1. The molecule has 1 amide bonds. The first-order valence-electron chi connectivity index (χ1n) is 6.31. The van der Waals surface area contributed by atoms with Gasteiger partial charge in [-0.2, -0.15) is 0 Å². The van der Waals surface area contributed by atoms with E-state index in [1.807, 2.05) is 20.8 Å². The van der Waals surface area contributed by atoms with Gasteiger partial charge in [-0.1, -0.05) is 20.8 Å². The van der Waals surface area contributed by atoms with Gasteiger partial charge in [-0.15, -0.1) is 0 Å². The average Bonchev–Trinajstić information content (AvgIpc) is 2.26. The Morgan fingerprint density at radius 1 is 1.20 bits per heavy atom. The summed E-state index contributed by atoms with van der Waals surface area (Å²) in [6.07, 6.45) is 0. The van der Waals surface area contributed by atoms with Crippen LogP contribution < -0.4 is 0 Å². The quantitative estimate of drug-likeness (QED) is 0.844. The lowest BCUT2D eigenvalue weighted by atomic mass is 9.85. The zero-order valence-corrected chi connectivity index (χ0v) is 13.6. The second kappa shape index (κ2) is 5.87. The first kappa shape index (κ1) is 16.6. The molecule has 0 heterocycles. The van der Waals surface area contributed by atoms with Crippen molar-refractivity contribution in [2.24, 2.45) is 0 Å². The topological polar surface area (TPSA) is 57.6 Å². The second-order valence-corrected chi connectivity index (χ2v) is 6.97. The van der Waals surface area contributed by atoms with E-state index in [0.29, 0.717) is 5.56 Å². The molecule has 0 aromatic heterocycles.